The Morgan fingerprint density at radius 1 is 1.24 bits per heavy atom. The van der Waals surface area contributed by atoms with Crippen LogP contribution in [0.2, 0.25) is 0 Å². The van der Waals surface area contributed by atoms with Gasteiger partial charge in [0.25, 0.3) is 0 Å². The van der Waals surface area contributed by atoms with E-state index in [0.717, 1.165) is 25.8 Å². The molecule has 21 heavy (non-hydrogen) atoms. The van der Waals surface area contributed by atoms with Crippen molar-refractivity contribution in [3.63, 3.8) is 0 Å². The van der Waals surface area contributed by atoms with Crippen LogP contribution in [0.3, 0.4) is 0 Å². The van der Waals surface area contributed by atoms with Crippen molar-refractivity contribution in [3.05, 3.63) is 0 Å². The van der Waals surface area contributed by atoms with E-state index in [-0.39, 0.29) is 17.9 Å². The minimum Gasteiger partial charge on any atom is -0.377 e. The number of piperidine rings is 1. The molecule has 1 saturated carbocycles. The van der Waals surface area contributed by atoms with E-state index in [2.05, 4.69) is 10.6 Å². The molecule has 2 saturated heterocycles. The molecule has 3 fully saturated rings. The van der Waals surface area contributed by atoms with Crippen LogP contribution in [0.1, 0.15) is 38.5 Å². The molecule has 6 nitrogen and oxygen atoms in total. The third-order valence-corrected chi connectivity index (χ3v) is 4.51. The summed E-state index contributed by atoms with van der Waals surface area (Å²) in [4.78, 5) is 26.5. The lowest BCUT2D eigenvalue weighted by atomic mass is 10.0. The number of hydrogen-bond acceptors (Lipinski definition) is 4. The van der Waals surface area contributed by atoms with E-state index < -0.39 is 6.04 Å². The molecular formula is C15H25N3O3. The maximum atomic E-state index is 12.5. The topological polar surface area (TPSA) is 70.7 Å². The zero-order valence-electron chi connectivity index (χ0n) is 12.5. The first-order valence-corrected chi connectivity index (χ1v) is 8.15. The molecule has 2 atom stereocenters. The standard InChI is InChI=1S/C15H25N3O3/c19-14(9-12-3-1-2-6-16-12)18-7-8-21-10-13(18)15(20)17-11-4-5-11/h11-13,16H,1-10H2,(H,17,20). The van der Waals surface area contributed by atoms with Gasteiger partial charge in [-0.2, -0.15) is 0 Å². The molecule has 2 aliphatic heterocycles. The highest BCUT2D eigenvalue weighted by Gasteiger charge is 2.36. The number of nitrogens with one attached hydrogen (secondary N) is 2. The van der Waals surface area contributed by atoms with E-state index in [1.807, 2.05) is 0 Å². The molecule has 0 aromatic rings. The quantitative estimate of drug-likeness (QED) is 0.767. The molecule has 2 unspecified atom stereocenters. The Labute approximate surface area is 125 Å². The monoisotopic (exact) mass is 295 g/mol. The van der Waals surface area contributed by atoms with Gasteiger partial charge in [-0.3, -0.25) is 9.59 Å². The highest BCUT2D eigenvalue weighted by molar-refractivity contribution is 5.88. The summed E-state index contributed by atoms with van der Waals surface area (Å²) in [5, 5.41) is 6.38. The van der Waals surface area contributed by atoms with Gasteiger partial charge in [-0.25, -0.2) is 0 Å². The van der Waals surface area contributed by atoms with Crippen molar-refractivity contribution in [1.29, 1.82) is 0 Å². The van der Waals surface area contributed by atoms with E-state index in [1.54, 1.807) is 4.90 Å². The Hall–Kier alpha value is -1.14. The second-order valence-corrected chi connectivity index (χ2v) is 6.31. The summed E-state index contributed by atoms with van der Waals surface area (Å²) in [7, 11) is 0. The van der Waals surface area contributed by atoms with Crippen molar-refractivity contribution >= 4 is 11.8 Å². The van der Waals surface area contributed by atoms with Gasteiger partial charge in [-0.05, 0) is 32.2 Å². The van der Waals surface area contributed by atoms with Gasteiger partial charge in [-0.15, -0.1) is 0 Å². The molecule has 0 aromatic carbocycles. The van der Waals surface area contributed by atoms with Crippen LogP contribution in [0.5, 0.6) is 0 Å². The number of amides is 2. The first kappa shape index (κ1) is 14.8. The number of carbonyl (C=O) groups is 2. The summed E-state index contributed by atoms with van der Waals surface area (Å²) < 4.78 is 5.41. The number of rotatable bonds is 4. The molecule has 0 radical (unpaired) electrons. The fourth-order valence-electron chi connectivity index (χ4n) is 3.07. The maximum absolute atomic E-state index is 12.5. The molecule has 2 heterocycles. The van der Waals surface area contributed by atoms with E-state index in [9.17, 15) is 9.59 Å². The predicted molar refractivity (Wildman–Crippen MR) is 77.7 cm³/mol. The molecule has 2 amide bonds. The average molecular weight is 295 g/mol. The van der Waals surface area contributed by atoms with E-state index in [4.69, 9.17) is 4.74 Å². The van der Waals surface area contributed by atoms with Crippen LogP contribution >= 0.6 is 0 Å². The van der Waals surface area contributed by atoms with Crippen molar-refractivity contribution in [3.8, 4) is 0 Å². The number of carbonyl (C=O) groups excluding carboxylic acids is 2. The summed E-state index contributed by atoms with van der Waals surface area (Å²) in [5.74, 6) is 0.0239. The van der Waals surface area contributed by atoms with Crippen molar-refractivity contribution in [2.24, 2.45) is 0 Å². The number of nitrogens with zero attached hydrogens (tertiary/aromatic N) is 1. The molecule has 0 spiro atoms. The predicted octanol–water partition coefficient (Wildman–Crippen LogP) is 0.0246. The highest BCUT2D eigenvalue weighted by Crippen LogP contribution is 2.20. The molecular weight excluding hydrogens is 270 g/mol. The lowest BCUT2D eigenvalue weighted by molar-refractivity contribution is -0.149. The zero-order chi connectivity index (χ0) is 14.7. The molecule has 118 valence electrons. The molecule has 3 rings (SSSR count). The SMILES string of the molecule is O=C(NC1CC1)C1COCCN1C(=O)CC1CCCCN1. The lowest BCUT2D eigenvalue weighted by Crippen LogP contribution is -2.57. The number of hydrogen-bond donors (Lipinski definition) is 2. The van der Waals surface area contributed by atoms with E-state index >= 15 is 0 Å². The van der Waals surface area contributed by atoms with Crippen LogP contribution in [0.15, 0.2) is 0 Å². The van der Waals surface area contributed by atoms with Crippen LogP contribution in [0.4, 0.5) is 0 Å². The molecule has 0 bridgehead atoms. The Morgan fingerprint density at radius 3 is 2.81 bits per heavy atom. The largest absolute Gasteiger partial charge is 0.377 e. The Kier molecular flexibility index (Phi) is 4.75. The minimum atomic E-state index is -0.449. The van der Waals surface area contributed by atoms with E-state index in [0.29, 0.717) is 32.2 Å². The van der Waals surface area contributed by atoms with Crippen LogP contribution in [0, 0.1) is 0 Å². The summed E-state index contributed by atoms with van der Waals surface area (Å²) in [6.07, 6.45) is 6.02. The second kappa shape index (κ2) is 6.75. The average Bonchev–Trinajstić information content (AvgIpc) is 3.32. The van der Waals surface area contributed by atoms with Crippen LogP contribution in [-0.2, 0) is 14.3 Å². The van der Waals surface area contributed by atoms with E-state index in [1.165, 1.54) is 12.8 Å². The van der Waals surface area contributed by atoms with Gasteiger partial charge in [0, 0.05) is 25.0 Å². The smallest absolute Gasteiger partial charge is 0.245 e. The zero-order valence-corrected chi connectivity index (χ0v) is 12.5. The van der Waals surface area contributed by atoms with Gasteiger partial charge < -0.3 is 20.3 Å². The third kappa shape index (κ3) is 3.95. The molecule has 6 heteroatoms. The number of ether oxygens (including phenoxy) is 1. The Morgan fingerprint density at radius 2 is 2.10 bits per heavy atom. The van der Waals surface area contributed by atoms with Gasteiger partial charge in [0.05, 0.1) is 13.2 Å². The third-order valence-electron chi connectivity index (χ3n) is 4.51. The molecule has 1 aliphatic carbocycles. The van der Waals surface area contributed by atoms with Crippen LogP contribution in [-0.4, -0.2) is 61.1 Å². The van der Waals surface area contributed by atoms with Crippen LogP contribution < -0.4 is 10.6 Å². The maximum Gasteiger partial charge on any atom is 0.245 e. The normalized spacial score (nSPS) is 30.0. The first-order chi connectivity index (χ1) is 10.2. The molecule has 0 aromatic heterocycles. The highest BCUT2D eigenvalue weighted by atomic mass is 16.5. The summed E-state index contributed by atoms with van der Waals surface area (Å²) >= 11 is 0. The Balaban J connectivity index is 1.56. The Bertz CT molecular complexity index is 392. The van der Waals surface area contributed by atoms with Gasteiger partial charge in [0.1, 0.15) is 6.04 Å². The van der Waals surface area contributed by atoms with Crippen molar-refractivity contribution in [2.45, 2.75) is 56.7 Å². The second-order valence-electron chi connectivity index (χ2n) is 6.31. The summed E-state index contributed by atoms with van der Waals surface area (Å²) in [6, 6.07) is 0.132. The molecule has 3 aliphatic rings. The van der Waals surface area contributed by atoms with Crippen molar-refractivity contribution in [1.82, 2.24) is 15.5 Å². The van der Waals surface area contributed by atoms with Crippen molar-refractivity contribution in [2.75, 3.05) is 26.3 Å². The lowest BCUT2D eigenvalue weighted by Gasteiger charge is -2.36. The van der Waals surface area contributed by atoms with Gasteiger partial charge in [0.15, 0.2) is 0 Å². The number of morpholine rings is 1. The van der Waals surface area contributed by atoms with Crippen LogP contribution in [0.25, 0.3) is 0 Å². The fraction of sp³-hybridized carbons (Fsp3) is 0.867. The van der Waals surface area contributed by atoms with Gasteiger partial charge >= 0.3 is 0 Å². The summed E-state index contributed by atoms with van der Waals surface area (Å²) in [5.41, 5.74) is 0. The van der Waals surface area contributed by atoms with Gasteiger partial charge in [0.2, 0.25) is 11.8 Å². The van der Waals surface area contributed by atoms with Crippen molar-refractivity contribution < 1.29 is 14.3 Å². The first-order valence-electron chi connectivity index (χ1n) is 8.15. The fourth-order valence-corrected chi connectivity index (χ4v) is 3.07. The minimum absolute atomic E-state index is 0.0536. The molecule has 2 N–H and O–H groups in total. The van der Waals surface area contributed by atoms with Gasteiger partial charge in [-0.1, -0.05) is 6.42 Å². The summed E-state index contributed by atoms with van der Waals surface area (Å²) in [6.45, 7) is 2.36.